The number of aliphatic hydroxyl groups is 1. The molecule has 74 valence electrons. The van der Waals surface area contributed by atoms with Crippen molar-refractivity contribution in [1.82, 2.24) is 0 Å². The molecule has 0 saturated carbocycles. The Balaban J connectivity index is 0.00000144. The third kappa shape index (κ3) is 2.95. The molecule has 0 aromatic heterocycles. The first-order valence-electron chi connectivity index (χ1n) is 3.78. The van der Waals surface area contributed by atoms with Gasteiger partial charge in [-0.2, -0.15) is 0 Å². The smallest absolute Gasteiger partial charge is 0.0624 e. The van der Waals surface area contributed by atoms with Crippen molar-refractivity contribution in [2.24, 2.45) is 5.73 Å². The first kappa shape index (κ1) is 12.9. The number of rotatable bonds is 2. The van der Waals surface area contributed by atoms with Crippen LogP contribution < -0.4 is 5.73 Å². The molecule has 1 aromatic rings. The topological polar surface area (TPSA) is 46.2 Å². The molecule has 0 spiro atoms. The number of aryl methyl sites for hydroxylation is 1. The summed E-state index contributed by atoms with van der Waals surface area (Å²) in [6.45, 7) is 1.96. The van der Waals surface area contributed by atoms with Crippen LogP contribution in [0.3, 0.4) is 0 Å². The summed E-state index contributed by atoms with van der Waals surface area (Å²) >= 11 is 3.40. The van der Waals surface area contributed by atoms with Crippen molar-refractivity contribution in [3.05, 3.63) is 33.8 Å². The fourth-order valence-electron chi connectivity index (χ4n) is 1.21. The monoisotopic (exact) mass is 265 g/mol. The Morgan fingerprint density at radius 2 is 2.15 bits per heavy atom. The molecule has 0 radical (unpaired) electrons. The molecular formula is C9H13BrClNO. The van der Waals surface area contributed by atoms with E-state index in [0.29, 0.717) is 0 Å². The van der Waals surface area contributed by atoms with E-state index < -0.39 is 0 Å². The summed E-state index contributed by atoms with van der Waals surface area (Å²) in [7, 11) is 0. The molecule has 3 N–H and O–H groups in total. The Bertz CT molecular complexity index is 260. The Morgan fingerprint density at radius 1 is 1.54 bits per heavy atom. The zero-order valence-corrected chi connectivity index (χ0v) is 9.73. The van der Waals surface area contributed by atoms with Gasteiger partial charge in [-0.05, 0) is 24.1 Å². The lowest BCUT2D eigenvalue weighted by Crippen LogP contribution is -2.16. The quantitative estimate of drug-likeness (QED) is 0.862. The van der Waals surface area contributed by atoms with Crippen molar-refractivity contribution < 1.29 is 5.11 Å². The highest BCUT2D eigenvalue weighted by molar-refractivity contribution is 9.10. The molecule has 0 aliphatic heterocycles. The van der Waals surface area contributed by atoms with Gasteiger partial charge in [-0.25, -0.2) is 0 Å². The van der Waals surface area contributed by atoms with E-state index in [2.05, 4.69) is 15.9 Å². The Morgan fingerprint density at radius 3 is 2.62 bits per heavy atom. The second kappa shape index (κ2) is 5.60. The van der Waals surface area contributed by atoms with Crippen molar-refractivity contribution in [3.63, 3.8) is 0 Å². The highest BCUT2D eigenvalue weighted by atomic mass is 79.9. The van der Waals surface area contributed by atoms with E-state index >= 15 is 0 Å². The predicted molar refractivity (Wildman–Crippen MR) is 60.1 cm³/mol. The van der Waals surface area contributed by atoms with E-state index in [4.69, 9.17) is 10.8 Å². The van der Waals surface area contributed by atoms with E-state index in [1.807, 2.05) is 25.1 Å². The third-order valence-corrected chi connectivity index (χ3v) is 2.53. The van der Waals surface area contributed by atoms with E-state index in [1.54, 1.807) is 0 Å². The SMILES string of the molecule is Cc1cccc(Br)c1C(N)CO.Cl. The molecule has 13 heavy (non-hydrogen) atoms. The number of hydrogen-bond acceptors (Lipinski definition) is 2. The van der Waals surface area contributed by atoms with Crippen molar-refractivity contribution in [1.29, 1.82) is 0 Å². The minimum absolute atomic E-state index is 0. The maximum atomic E-state index is 8.89. The van der Waals surface area contributed by atoms with Crippen LogP contribution in [0, 0.1) is 6.92 Å². The van der Waals surface area contributed by atoms with Crippen LogP contribution >= 0.6 is 28.3 Å². The molecule has 4 heteroatoms. The summed E-state index contributed by atoms with van der Waals surface area (Å²) < 4.78 is 0.962. The van der Waals surface area contributed by atoms with Gasteiger partial charge >= 0.3 is 0 Å². The summed E-state index contributed by atoms with van der Waals surface area (Å²) in [6.07, 6.45) is 0. The summed E-state index contributed by atoms with van der Waals surface area (Å²) in [5.74, 6) is 0. The molecule has 0 amide bonds. The van der Waals surface area contributed by atoms with Gasteiger partial charge in [0.2, 0.25) is 0 Å². The van der Waals surface area contributed by atoms with Crippen molar-refractivity contribution >= 4 is 28.3 Å². The minimum atomic E-state index is -0.291. The molecular weight excluding hydrogens is 253 g/mol. The average Bonchev–Trinajstić information content (AvgIpc) is 2.03. The van der Waals surface area contributed by atoms with Crippen LogP contribution in [0.2, 0.25) is 0 Å². The van der Waals surface area contributed by atoms with Crippen LogP contribution in [0.5, 0.6) is 0 Å². The van der Waals surface area contributed by atoms with E-state index in [1.165, 1.54) is 0 Å². The molecule has 1 atom stereocenters. The van der Waals surface area contributed by atoms with Crippen LogP contribution in [0.15, 0.2) is 22.7 Å². The van der Waals surface area contributed by atoms with Gasteiger partial charge in [0.25, 0.3) is 0 Å². The second-order valence-electron chi connectivity index (χ2n) is 2.76. The lowest BCUT2D eigenvalue weighted by atomic mass is 10.0. The molecule has 1 aromatic carbocycles. The van der Waals surface area contributed by atoms with Crippen LogP contribution in [-0.2, 0) is 0 Å². The first-order chi connectivity index (χ1) is 5.66. The summed E-state index contributed by atoms with van der Waals surface area (Å²) in [5.41, 5.74) is 7.80. The fourth-order valence-corrected chi connectivity index (χ4v) is 1.97. The van der Waals surface area contributed by atoms with Gasteiger partial charge in [0.05, 0.1) is 12.6 Å². The number of aliphatic hydroxyl groups excluding tert-OH is 1. The molecule has 0 saturated heterocycles. The number of hydrogen-bond donors (Lipinski definition) is 2. The Kier molecular flexibility index (Phi) is 5.56. The highest BCUT2D eigenvalue weighted by Crippen LogP contribution is 2.24. The van der Waals surface area contributed by atoms with Gasteiger partial charge in [-0.15, -0.1) is 12.4 Å². The van der Waals surface area contributed by atoms with Crippen LogP contribution in [-0.4, -0.2) is 11.7 Å². The van der Waals surface area contributed by atoms with Crippen LogP contribution in [0.4, 0.5) is 0 Å². The molecule has 2 nitrogen and oxygen atoms in total. The third-order valence-electron chi connectivity index (χ3n) is 1.84. The van der Waals surface area contributed by atoms with Crippen molar-refractivity contribution in [2.45, 2.75) is 13.0 Å². The Labute approximate surface area is 92.7 Å². The summed E-state index contributed by atoms with van der Waals surface area (Å²) in [5, 5.41) is 8.89. The molecule has 0 heterocycles. The van der Waals surface area contributed by atoms with Crippen molar-refractivity contribution in [2.75, 3.05) is 6.61 Å². The number of benzene rings is 1. The average molecular weight is 267 g/mol. The van der Waals surface area contributed by atoms with Crippen molar-refractivity contribution in [3.8, 4) is 0 Å². The molecule has 0 bridgehead atoms. The molecule has 0 aliphatic rings. The lowest BCUT2D eigenvalue weighted by molar-refractivity contribution is 0.267. The highest BCUT2D eigenvalue weighted by Gasteiger charge is 2.10. The standard InChI is InChI=1S/C9H12BrNO.ClH/c1-6-3-2-4-7(10)9(6)8(11)5-12;/h2-4,8,12H,5,11H2,1H3;1H. The van der Waals surface area contributed by atoms with E-state index in [9.17, 15) is 0 Å². The van der Waals surface area contributed by atoms with E-state index in [0.717, 1.165) is 15.6 Å². The maximum Gasteiger partial charge on any atom is 0.0624 e. The van der Waals surface area contributed by atoms with Gasteiger partial charge < -0.3 is 10.8 Å². The number of nitrogens with two attached hydrogens (primary N) is 1. The molecule has 0 aliphatic carbocycles. The zero-order chi connectivity index (χ0) is 9.14. The predicted octanol–water partition coefficient (Wildman–Crippen LogP) is 2.17. The van der Waals surface area contributed by atoms with E-state index in [-0.39, 0.29) is 25.1 Å². The molecule has 1 rings (SSSR count). The molecule has 0 fully saturated rings. The normalized spacial score (nSPS) is 12.0. The number of halogens is 2. The van der Waals surface area contributed by atoms with Crippen LogP contribution in [0.25, 0.3) is 0 Å². The summed E-state index contributed by atoms with van der Waals surface area (Å²) in [4.78, 5) is 0. The minimum Gasteiger partial charge on any atom is -0.394 e. The fraction of sp³-hybridized carbons (Fsp3) is 0.333. The maximum absolute atomic E-state index is 8.89. The van der Waals surface area contributed by atoms with Gasteiger partial charge in [0, 0.05) is 4.47 Å². The first-order valence-corrected chi connectivity index (χ1v) is 4.57. The van der Waals surface area contributed by atoms with Gasteiger partial charge in [-0.3, -0.25) is 0 Å². The molecule has 1 unspecified atom stereocenters. The second-order valence-corrected chi connectivity index (χ2v) is 3.61. The van der Waals surface area contributed by atoms with Crippen LogP contribution in [0.1, 0.15) is 17.2 Å². The van der Waals surface area contributed by atoms with Gasteiger partial charge in [0.15, 0.2) is 0 Å². The lowest BCUT2D eigenvalue weighted by Gasteiger charge is -2.13. The zero-order valence-electron chi connectivity index (χ0n) is 7.33. The summed E-state index contributed by atoms with van der Waals surface area (Å²) in [6, 6.07) is 5.57. The van der Waals surface area contributed by atoms with Gasteiger partial charge in [0.1, 0.15) is 0 Å². The Hall–Kier alpha value is -0.0900. The van der Waals surface area contributed by atoms with Gasteiger partial charge in [-0.1, -0.05) is 28.1 Å². The largest absolute Gasteiger partial charge is 0.394 e.